The number of hydrogen-bond acceptors (Lipinski definition) is 2. The second kappa shape index (κ2) is 5.46. The number of hydrogen-bond donors (Lipinski definition) is 1. The number of benzene rings is 1. The van der Waals surface area contributed by atoms with Gasteiger partial charge in [-0.15, -0.1) is 0 Å². The number of nitrogens with two attached hydrogens (primary N) is 1. The normalized spacial score (nSPS) is 20.9. The molecule has 2 heteroatoms. The van der Waals surface area contributed by atoms with E-state index in [1.54, 1.807) is 0 Å². The van der Waals surface area contributed by atoms with Crippen LogP contribution in [0.3, 0.4) is 0 Å². The highest BCUT2D eigenvalue weighted by Gasteiger charge is 2.23. The molecule has 1 heterocycles. The molecule has 0 saturated carbocycles. The van der Waals surface area contributed by atoms with Crippen LogP contribution >= 0.6 is 0 Å². The average Bonchev–Trinajstić information content (AvgIpc) is 2.34. The van der Waals surface area contributed by atoms with E-state index < -0.39 is 0 Å². The molecule has 1 fully saturated rings. The standard InChI is InChI=1S/C14H22N2/c1-12-7-9-16(10-8-12)14(11-15)13-5-3-2-4-6-13/h2-6,12,14H,7-11,15H2,1H3/t14-/m1/s1. The van der Waals surface area contributed by atoms with Crippen molar-refractivity contribution in [2.24, 2.45) is 11.7 Å². The van der Waals surface area contributed by atoms with Crippen molar-refractivity contribution in [2.75, 3.05) is 19.6 Å². The number of piperidine rings is 1. The lowest BCUT2D eigenvalue weighted by atomic mass is 9.96. The smallest absolute Gasteiger partial charge is 0.0470 e. The maximum Gasteiger partial charge on any atom is 0.0470 e. The third kappa shape index (κ3) is 2.63. The van der Waals surface area contributed by atoms with Crippen molar-refractivity contribution in [3.63, 3.8) is 0 Å². The van der Waals surface area contributed by atoms with Crippen molar-refractivity contribution < 1.29 is 0 Å². The molecule has 16 heavy (non-hydrogen) atoms. The Hall–Kier alpha value is -0.860. The molecule has 1 aliphatic heterocycles. The zero-order valence-corrected chi connectivity index (χ0v) is 10.1. The highest BCUT2D eigenvalue weighted by molar-refractivity contribution is 5.19. The molecule has 1 aromatic carbocycles. The predicted molar refractivity (Wildman–Crippen MR) is 68.2 cm³/mol. The van der Waals surface area contributed by atoms with Gasteiger partial charge in [-0.05, 0) is 37.4 Å². The predicted octanol–water partition coefficient (Wildman–Crippen LogP) is 2.42. The van der Waals surface area contributed by atoms with Gasteiger partial charge in [-0.25, -0.2) is 0 Å². The van der Waals surface area contributed by atoms with Gasteiger partial charge in [0.2, 0.25) is 0 Å². The fourth-order valence-corrected chi connectivity index (χ4v) is 2.51. The van der Waals surface area contributed by atoms with Crippen LogP contribution in [0, 0.1) is 5.92 Å². The molecule has 0 spiro atoms. The molecular formula is C14H22N2. The molecule has 1 atom stereocenters. The summed E-state index contributed by atoms with van der Waals surface area (Å²) in [4.78, 5) is 2.54. The minimum absolute atomic E-state index is 0.411. The topological polar surface area (TPSA) is 29.3 Å². The summed E-state index contributed by atoms with van der Waals surface area (Å²) in [5.41, 5.74) is 7.29. The Labute approximate surface area is 98.4 Å². The summed E-state index contributed by atoms with van der Waals surface area (Å²) >= 11 is 0. The van der Waals surface area contributed by atoms with Crippen LogP contribution in [0.2, 0.25) is 0 Å². The molecule has 1 aromatic rings. The molecule has 2 nitrogen and oxygen atoms in total. The first-order valence-electron chi connectivity index (χ1n) is 6.30. The van der Waals surface area contributed by atoms with E-state index in [0.29, 0.717) is 6.04 Å². The average molecular weight is 218 g/mol. The Morgan fingerprint density at radius 1 is 1.25 bits per heavy atom. The van der Waals surface area contributed by atoms with Crippen LogP contribution in [-0.4, -0.2) is 24.5 Å². The third-order valence-electron chi connectivity index (χ3n) is 3.67. The summed E-state index contributed by atoms with van der Waals surface area (Å²) in [6.07, 6.45) is 2.62. The van der Waals surface area contributed by atoms with Crippen LogP contribution in [0.25, 0.3) is 0 Å². The van der Waals surface area contributed by atoms with Gasteiger partial charge in [0.15, 0.2) is 0 Å². The molecule has 0 bridgehead atoms. The lowest BCUT2D eigenvalue weighted by Gasteiger charge is -2.36. The van der Waals surface area contributed by atoms with Gasteiger partial charge >= 0.3 is 0 Å². The van der Waals surface area contributed by atoms with E-state index in [2.05, 4.69) is 42.2 Å². The van der Waals surface area contributed by atoms with E-state index >= 15 is 0 Å². The zero-order valence-electron chi connectivity index (χ0n) is 10.1. The van der Waals surface area contributed by atoms with Crippen molar-refractivity contribution >= 4 is 0 Å². The third-order valence-corrected chi connectivity index (χ3v) is 3.67. The van der Waals surface area contributed by atoms with Gasteiger partial charge in [0.1, 0.15) is 0 Å². The van der Waals surface area contributed by atoms with Crippen molar-refractivity contribution in [1.82, 2.24) is 4.90 Å². The molecule has 2 rings (SSSR count). The Bertz CT molecular complexity index is 302. The summed E-state index contributed by atoms with van der Waals surface area (Å²) in [6, 6.07) is 11.1. The Morgan fingerprint density at radius 3 is 2.44 bits per heavy atom. The monoisotopic (exact) mass is 218 g/mol. The molecular weight excluding hydrogens is 196 g/mol. The Kier molecular flexibility index (Phi) is 3.97. The zero-order chi connectivity index (χ0) is 11.4. The van der Waals surface area contributed by atoms with E-state index in [1.807, 2.05) is 0 Å². The summed E-state index contributed by atoms with van der Waals surface area (Å²) in [5, 5.41) is 0. The molecule has 1 aliphatic rings. The molecule has 88 valence electrons. The van der Waals surface area contributed by atoms with Crippen molar-refractivity contribution in [2.45, 2.75) is 25.8 Å². The lowest BCUT2D eigenvalue weighted by Crippen LogP contribution is -2.39. The second-order valence-corrected chi connectivity index (χ2v) is 4.88. The Morgan fingerprint density at radius 2 is 1.88 bits per heavy atom. The van der Waals surface area contributed by atoms with Gasteiger partial charge in [-0.2, -0.15) is 0 Å². The van der Waals surface area contributed by atoms with Gasteiger partial charge in [0.05, 0.1) is 0 Å². The fraction of sp³-hybridized carbons (Fsp3) is 0.571. The molecule has 0 amide bonds. The Balaban J connectivity index is 2.05. The van der Waals surface area contributed by atoms with E-state index in [9.17, 15) is 0 Å². The van der Waals surface area contributed by atoms with E-state index in [-0.39, 0.29) is 0 Å². The maximum absolute atomic E-state index is 5.93. The summed E-state index contributed by atoms with van der Waals surface area (Å²) in [5.74, 6) is 0.880. The van der Waals surface area contributed by atoms with Gasteiger partial charge in [0.25, 0.3) is 0 Å². The van der Waals surface area contributed by atoms with Crippen molar-refractivity contribution in [1.29, 1.82) is 0 Å². The van der Waals surface area contributed by atoms with Crippen LogP contribution in [0.15, 0.2) is 30.3 Å². The summed E-state index contributed by atoms with van der Waals surface area (Å²) in [6.45, 7) is 5.45. The molecule has 0 radical (unpaired) electrons. The SMILES string of the molecule is CC1CCN([C@H](CN)c2ccccc2)CC1. The van der Waals surface area contributed by atoms with Gasteiger partial charge < -0.3 is 5.73 Å². The summed E-state index contributed by atoms with van der Waals surface area (Å²) < 4.78 is 0. The van der Waals surface area contributed by atoms with E-state index in [1.165, 1.54) is 31.5 Å². The molecule has 0 aromatic heterocycles. The van der Waals surface area contributed by atoms with Crippen LogP contribution in [0.4, 0.5) is 0 Å². The van der Waals surface area contributed by atoms with Crippen LogP contribution < -0.4 is 5.73 Å². The second-order valence-electron chi connectivity index (χ2n) is 4.88. The quantitative estimate of drug-likeness (QED) is 0.844. The van der Waals surface area contributed by atoms with Gasteiger partial charge in [-0.3, -0.25) is 4.90 Å². The van der Waals surface area contributed by atoms with Crippen molar-refractivity contribution in [3.8, 4) is 0 Å². The minimum atomic E-state index is 0.411. The highest BCUT2D eigenvalue weighted by Crippen LogP contribution is 2.25. The first kappa shape index (κ1) is 11.6. The van der Waals surface area contributed by atoms with Crippen molar-refractivity contribution in [3.05, 3.63) is 35.9 Å². The van der Waals surface area contributed by atoms with Crippen LogP contribution in [-0.2, 0) is 0 Å². The largest absolute Gasteiger partial charge is 0.329 e. The van der Waals surface area contributed by atoms with Gasteiger partial charge in [0, 0.05) is 12.6 Å². The van der Waals surface area contributed by atoms with E-state index in [0.717, 1.165) is 12.5 Å². The van der Waals surface area contributed by atoms with Gasteiger partial charge in [-0.1, -0.05) is 37.3 Å². The minimum Gasteiger partial charge on any atom is -0.329 e. The first-order valence-corrected chi connectivity index (χ1v) is 6.30. The number of nitrogens with zero attached hydrogens (tertiary/aromatic N) is 1. The molecule has 0 aliphatic carbocycles. The number of likely N-dealkylation sites (tertiary alicyclic amines) is 1. The highest BCUT2D eigenvalue weighted by atomic mass is 15.2. The fourth-order valence-electron chi connectivity index (χ4n) is 2.51. The molecule has 1 saturated heterocycles. The van der Waals surface area contributed by atoms with E-state index in [4.69, 9.17) is 5.73 Å². The first-order chi connectivity index (χ1) is 7.81. The maximum atomic E-state index is 5.93. The lowest BCUT2D eigenvalue weighted by molar-refractivity contribution is 0.141. The molecule has 0 unspecified atom stereocenters. The molecule has 2 N–H and O–H groups in total. The van der Waals surface area contributed by atoms with Crippen LogP contribution in [0.5, 0.6) is 0 Å². The summed E-state index contributed by atoms with van der Waals surface area (Å²) in [7, 11) is 0. The number of rotatable bonds is 3. The van der Waals surface area contributed by atoms with Crippen LogP contribution in [0.1, 0.15) is 31.4 Å².